The number of halogens is 1. The van der Waals surface area contributed by atoms with Gasteiger partial charge in [0.2, 0.25) is 11.8 Å². The first-order valence-corrected chi connectivity index (χ1v) is 8.95. The number of amides is 2. The number of hydrogen-bond donors (Lipinski definition) is 1. The summed E-state index contributed by atoms with van der Waals surface area (Å²) in [6.07, 6.45) is 4.72. The first-order valence-electron chi connectivity index (χ1n) is 8.95. The van der Waals surface area contributed by atoms with Crippen molar-refractivity contribution in [3.8, 4) is 0 Å². The second kappa shape index (κ2) is 7.12. The number of para-hydroxylation sites is 1. The SMILES string of the molecule is CN(C(=O)CC1(O)CCCCC1)C1CCN(c2ccccc2F)C1=O. The number of hydrogen-bond acceptors (Lipinski definition) is 3. The predicted molar refractivity (Wildman–Crippen MR) is 92.6 cm³/mol. The quantitative estimate of drug-likeness (QED) is 0.909. The highest BCUT2D eigenvalue weighted by Gasteiger charge is 2.40. The zero-order valence-electron chi connectivity index (χ0n) is 14.6. The molecule has 1 N–H and O–H groups in total. The maximum absolute atomic E-state index is 14.0. The molecule has 1 saturated heterocycles. The van der Waals surface area contributed by atoms with Gasteiger partial charge in [-0.1, -0.05) is 31.4 Å². The predicted octanol–water partition coefficient (Wildman–Crippen LogP) is 2.47. The van der Waals surface area contributed by atoms with Gasteiger partial charge in [0.15, 0.2) is 0 Å². The van der Waals surface area contributed by atoms with E-state index in [2.05, 4.69) is 0 Å². The second-order valence-corrected chi connectivity index (χ2v) is 7.21. The van der Waals surface area contributed by atoms with Gasteiger partial charge in [-0.15, -0.1) is 0 Å². The van der Waals surface area contributed by atoms with Crippen molar-refractivity contribution in [3.63, 3.8) is 0 Å². The maximum atomic E-state index is 14.0. The molecule has 6 heteroatoms. The van der Waals surface area contributed by atoms with Crippen LogP contribution in [-0.4, -0.2) is 47.1 Å². The molecule has 3 rings (SSSR count). The molecule has 1 aromatic carbocycles. The van der Waals surface area contributed by atoms with Crippen LogP contribution in [0.4, 0.5) is 10.1 Å². The number of rotatable bonds is 4. The highest BCUT2D eigenvalue weighted by Crippen LogP contribution is 2.32. The lowest BCUT2D eigenvalue weighted by Gasteiger charge is -2.34. The molecular weight excluding hydrogens is 323 g/mol. The number of carbonyl (C=O) groups excluding carboxylic acids is 2. The van der Waals surface area contributed by atoms with Crippen LogP contribution in [0.1, 0.15) is 44.9 Å². The summed E-state index contributed by atoms with van der Waals surface area (Å²) in [4.78, 5) is 28.1. The van der Waals surface area contributed by atoms with Crippen LogP contribution in [0.3, 0.4) is 0 Å². The summed E-state index contributed by atoms with van der Waals surface area (Å²) >= 11 is 0. The Hall–Kier alpha value is -1.95. The van der Waals surface area contributed by atoms with Gasteiger partial charge in [-0.2, -0.15) is 0 Å². The van der Waals surface area contributed by atoms with E-state index in [0.29, 0.717) is 25.8 Å². The van der Waals surface area contributed by atoms with Crippen molar-refractivity contribution in [2.75, 3.05) is 18.5 Å². The molecule has 0 spiro atoms. The van der Waals surface area contributed by atoms with Crippen molar-refractivity contribution in [2.24, 2.45) is 0 Å². The van der Waals surface area contributed by atoms with E-state index in [1.807, 2.05) is 0 Å². The van der Waals surface area contributed by atoms with E-state index in [1.54, 1.807) is 25.2 Å². The maximum Gasteiger partial charge on any atom is 0.249 e. The van der Waals surface area contributed by atoms with Gasteiger partial charge in [0.1, 0.15) is 11.9 Å². The van der Waals surface area contributed by atoms with Gasteiger partial charge in [0, 0.05) is 13.6 Å². The summed E-state index contributed by atoms with van der Waals surface area (Å²) in [6.45, 7) is 0.381. The van der Waals surface area contributed by atoms with Crippen molar-refractivity contribution < 1.29 is 19.1 Å². The van der Waals surface area contributed by atoms with Crippen LogP contribution in [0.15, 0.2) is 24.3 Å². The van der Waals surface area contributed by atoms with Crippen LogP contribution in [0.5, 0.6) is 0 Å². The third-order valence-corrected chi connectivity index (χ3v) is 5.45. The summed E-state index contributed by atoms with van der Waals surface area (Å²) in [6, 6.07) is 5.56. The van der Waals surface area contributed by atoms with Crippen LogP contribution >= 0.6 is 0 Å². The zero-order chi connectivity index (χ0) is 18.0. The van der Waals surface area contributed by atoms with Crippen molar-refractivity contribution in [3.05, 3.63) is 30.1 Å². The van der Waals surface area contributed by atoms with Crippen LogP contribution in [0, 0.1) is 5.82 Å². The molecule has 1 unspecified atom stereocenters. The van der Waals surface area contributed by atoms with Crippen molar-refractivity contribution in [1.29, 1.82) is 0 Å². The Balaban J connectivity index is 1.66. The molecule has 1 aliphatic heterocycles. The molecule has 0 aromatic heterocycles. The van der Waals surface area contributed by atoms with Gasteiger partial charge >= 0.3 is 0 Å². The smallest absolute Gasteiger partial charge is 0.249 e. The van der Waals surface area contributed by atoms with Gasteiger partial charge in [0.05, 0.1) is 17.7 Å². The largest absolute Gasteiger partial charge is 0.389 e. The Bertz CT molecular complexity index is 658. The lowest BCUT2D eigenvalue weighted by atomic mass is 9.82. The van der Waals surface area contributed by atoms with E-state index in [4.69, 9.17) is 0 Å². The van der Waals surface area contributed by atoms with Gasteiger partial charge in [0.25, 0.3) is 0 Å². The molecule has 1 aliphatic carbocycles. The van der Waals surface area contributed by atoms with Gasteiger partial charge in [-0.3, -0.25) is 9.59 Å². The van der Waals surface area contributed by atoms with Crippen molar-refractivity contribution in [1.82, 2.24) is 4.90 Å². The fourth-order valence-corrected chi connectivity index (χ4v) is 3.90. The third-order valence-electron chi connectivity index (χ3n) is 5.45. The van der Waals surface area contributed by atoms with Crippen molar-refractivity contribution >= 4 is 17.5 Å². The number of benzene rings is 1. The molecule has 25 heavy (non-hydrogen) atoms. The monoisotopic (exact) mass is 348 g/mol. The highest BCUT2D eigenvalue weighted by molar-refractivity contribution is 6.01. The first-order chi connectivity index (χ1) is 11.9. The molecule has 1 aromatic rings. The van der Waals surface area contributed by atoms with E-state index >= 15 is 0 Å². The molecule has 0 bridgehead atoms. The average molecular weight is 348 g/mol. The minimum Gasteiger partial charge on any atom is -0.389 e. The topological polar surface area (TPSA) is 60.9 Å². The summed E-state index contributed by atoms with van der Waals surface area (Å²) in [7, 11) is 1.60. The summed E-state index contributed by atoms with van der Waals surface area (Å²) in [5.41, 5.74) is -0.696. The van der Waals surface area contributed by atoms with Crippen LogP contribution < -0.4 is 4.90 Å². The van der Waals surface area contributed by atoms with E-state index in [0.717, 1.165) is 19.3 Å². The molecule has 5 nitrogen and oxygen atoms in total. The Kier molecular flexibility index (Phi) is 5.08. The first kappa shape index (κ1) is 17.9. The highest BCUT2D eigenvalue weighted by atomic mass is 19.1. The van der Waals surface area contributed by atoms with E-state index in [1.165, 1.54) is 15.9 Å². The van der Waals surface area contributed by atoms with E-state index in [-0.39, 0.29) is 23.9 Å². The molecule has 136 valence electrons. The van der Waals surface area contributed by atoms with Gasteiger partial charge in [-0.25, -0.2) is 4.39 Å². The fourth-order valence-electron chi connectivity index (χ4n) is 3.90. The normalized spacial score (nSPS) is 22.9. The second-order valence-electron chi connectivity index (χ2n) is 7.21. The molecule has 1 saturated carbocycles. The summed E-state index contributed by atoms with van der Waals surface area (Å²) in [5.74, 6) is -0.934. The molecule has 0 radical (unpaired) electrons. The number of carbonyl (C=O) groups is 2. The zero-order valence-corrected chi connectivity index (χ0v) is 14.6. The third kappa shape index (κ3) is 3.68. The van der Waals surface area contributed by atoms with Gasteiger partial charge in [-0.05, 0) is 31.4 Å². The Morgan fingerprint density at radius 1 is 1.32 bits per heavy atom. The number of anilines is 1. The van der Waals surface area contributed by atoms with Crippen LogP contribution in [0.25, 0.3) is 0 Å². The minimum atomic E-state index is -0.948. The minimum absolute atomic E-state index is 0.0486. The Labute approximate surface area is 147 Å². The number of nitrogens with zero attached hydrogens (tertiary/aromatic N) is 2. The average Bonchev–Trinajstić information content (AvgIpc) is 2.96. The summed E-state index contributed by atoms with van der Waals surface area (Å²) < 4.78 is 14.0. The standard InChI is InChI=1S/C19H25FN2O3/c1-21(17(23)13-19(25)10-5-2-6-11-19)16-9-12-22(18(16)24)15-8-4-3-7-14(15)20/h3-4,7-8,16,25H,2,5-6,9-13H2,1H3. The molecule has 2 amide bonds. The summed E-state index contributed by atoms with van der Waals surface area (Å²) in [5, 5.41) is 10.6. The lowest BCUT2D eigenvalue weighted by molar-refractivity contribution is -0.142. The van der Waals surface area contributed by atoms with Crippen LogP contribution in [-0.2, 0) is 9.59 Å². The molecule has 1 heterocycles. The number of aliphatic hydroxyl groups is 1. The Morgan fingerprint density at radius 3 is 2.68 bits per heavy atom. The molecule has 1 atom stereocenters. The fraction of sp³-hybridized carbons (Fsp3) is 0.579. The number of likely N-dealkylation sites (N-methyl/N-ethyl adjacent to an activating group) is 1. The van der Waals surface area contributed by atoms with Crippen LogP contribution in [0.2, 0.25) is 0 Å². The molecular formula is C19H25FN2O3. The molecule has 2 fully saturated rings. The van der Waals surface area contributed by atoms with Gasteiger partial charge < -0.3 is 14.9 Å². The van der Waals surface area contributed by atoms with E-state index < -0.39 is 17.5 Å². The lowest BCUT2D eigenvalue weighted by Crippen LogP contribution is -2.46. The van der Waals surface area contributed by atoms with Crippen molar-refractivity contribution in [2.45, 2.75) is 56.6 Å². The van der Waals surface area contributed by atoms with E-state index in [9.17, 15) is 19.1 Å². The Morgan fingerprint density at radius 2 is 2.00 bits per heavy atom. The molecule has 2 aliphatic rings.